The molecule has 0 saturated carbocycles. The smallest absolute Gasteiger partial charge is 0.241 e. The maximum absolute atomic E-state index is 9.93. The SMILES string of the molecule is Oc1cc(N=NC(N=Nc2cc(O)[nH]c2O)(c2ccccc2)c2ccccc2)c(O)[nH]1. The highest BCUT2D eigenvalue weighted by atomic mass is 16.3. The Morgan fingerprint density at radius 3 is 1.29 bits per heavy atom. The molecule has 0 unspecified atom stereocenters. The van der Waals surface area contributed by atoms with E-state index in [1.54, 1.807) is 48.5 Å². The number of aromatic hydroxyl groups is 4. The van der Waals surface area contributed by atoms with E-state index in [1.165, 1.54) is 12.1 Å². The summed E-state index contributed by atoms with van der Waals surface area (Å²) in [5.74, 6) is -1.26. The summed E-state index contributed by atoms with van der Waals surface area (Å²) >= 11 is 0. The highest BCUT2D eigenvalue weighted by Gasteiger charge is 2.35. The molecule has 4 aromatic rings. The van der Waals surface area contributed by atoms with E-state index in [2.05, 4.69) is 30.4 Å². The fourth-order valence-electron chi connectivity index (χ4n) is 3.00. The van der Waals surface area contributed by atoms with Crippen LogP contribution >= 0.6 is 0 Å². The lowest BCUT2D eigenvalue weighted by Crippen LogP contribution is -2.22. The maximum atomic E-state index is 9.93. The van der Waals surface area contributed by atoms with Gasteiger partial charge >= 0.3 is 0 Å². The van der Waals surface area contributed by atoms with Crippen molar-refractivity contribution in [3.63, 3.8) is 0 Å². The Bertz CT molecular complexity index is 1130. The van der Waals surface area contributed by atoms with Crippen molar-refractivity contribution in [2.75, 3.05) is 0 Å². The Balaban J connectivity index is 1.92. The first-order valence-electron chi connectivity index (χ1n) is 9.16. The lowest BCUT2D eigenvalue weighted by Gasteiger charge is -2.24. The lowest BCUT2D eigenvalue weighted by atomic mass is 9.93. The molecule has 0 atom stereocenters. The van der Waals surface area contributed by atoms with Crippen LogP contribution in [-0.2, 0) is 5.66 Å². The van der Waals surface area contributed by atoms with E-state index in [4.69, 9.17) is 0 Å². The van der Waals surface area contributed by atoms with Gasteiger partial charge in [-0.2, -0.15) is 0 Å². The van der Waals surface area contributed by atoms with Crippen LogP contribution < -0.4 is 0 Å². The van der Waals surface area contributed by atoms with E-state index in [-0.39, 0.29) is 34.9 Å². The number of benzene rings is 2. The van der Waals surface area contributed by atoms with E-state index in [0.29, 0.717) is 11.1 Å². The van der Waals surface area contributed by atoms with Crippen LogP contribution in [0.4, 0.5) is 11.4 Å². The number of nitrogens with one attached hydrogen (secondary N) is 2. The van der Waals surface area contributed by atoms with E-state index >= 15 is 0 Å². The molecule has 0 fully saturated rings. The van der Waals surface area contributed by atoms with E-state index in [0.717, 1.165) is 0 Å². The van der Waals surface area contributed by atoms with Gasteiger partial charge in [0, 0.05) is 23.3 Å². The normalized spacial score (nSPS) is 12.1. The number of hydrogen-bond donors (Lipinski definition) is 6. The van der Waals surface area contributed by atoms with Crippen LogP contribution in [0.3, 0.4) is 0 Å². The third kappa shape index (κ3) is 3.94. The molecule has 4 rings (SSSR count). The van der Waals surface area contributed by atoms with Crippen LogP contribution in [-0.4, -0.2) is 30.4 Å². The van der Waals surface area contributed by atoms with Gasteiger partial charge in [0.15, 0.2) is 23.1 Å². The molecule has 2 aromatic heterocycles. The third-order valence-electron chi connectivity index (χ3n) is 4.48. The quantitative estimate of drug-likeness (QED) is 0.245. The van der Waals surface area contributed by atoms with E-state index in [9.17, 15) is 20.4 Å². The second-order valence-electron chi connectivity index (χ2n) is 6.58. The fourth-order valence-corrected chi connectivity index (χ4v) is 3.00. The van der Waals surface area contributed by atoms with Gasteiger partial charge < -0.3 is 20.4 Å². The molecule has 0 amide bonds. The topological polar surface area (TPSA) is 162 Å². The number of azo groups is 2. The minimum absolute atomic E-state index is 0.00562. The second kappa shape index (κ2) is 8.03. The molecule has 2 heterocycles. The summed E-state index contributed by atoms with van der Waals surface area (Å²) in [4.78, 5) is 4.66. The zero-order chi connectivity index (χ0) is 21.8. The second-order valence-corrected chi connectivity index (χ2v) is 6.58. The summed E-state index contributed by atoms with van der Waals surface area (Å²) < 4.78 is 0. The third-order valence-corrected chi connectivity index (χ3v) is 4.48. The first kappa shape index (κ1) is 19.7. The van der Waals surface area contributed by atoms with Crippen molar-refractivity contribution in [3.05, 3.63) is 83.9 Å². The van der Waals surface area contributed by atoms with Crippen LogP contribution in [0.1, 0.15) is 11.1 Å². The highest BCUT2D eigenvalue weighted by molar-refractivity contribution is 5.52. The van der Waals surface area contributed by atoms with Crippen LogP contribution in [0.25, 0.3) is 0 Å². The maximum Gasteiger partial charge on any atom is 0.241 e. The molecule has 2 aromatic carbocycles. The van der Waals surface area contributed by atoms with Gasteiger partial charge in [0.05, 0.1) is 0 Å². The number of aromatic nitrogens is 2. The minimum atomic E-state index is -1.50. The van der Waals surface area contributed by atoms with Gasteiger partial charge in [0.1, 0.15) is 0 Å². The summed E-state index contributed by atoms with van der Waals surface area (Å²) in [6, 6.07) is 20.4. The van der Waals surface area contributed by atoms with Crippen molar-refractivity contribution in [1.82, 2.24) is 9.97 Å². The minimum Gasteiger partial charge on any atom is -0.494 e. The largest absolute Gasteiger partial charge is 0.494 e. The molecule has 0 saturated heterocycles. The average molecular weight is 418 g/mol. The Morgan fingerprint density at radius 1 is 0.581 bits per heavy atom. The van der Waals surface area contributed by atoms with Gasteiger partial charge in [0.2, 0.25) is 17.4 Å². The predicted octanol–water partition coefficient (Wildman–Crippen LogP) is 4.93. The van der Waals surface area contributed by atoms with Crippen molar-refractivity contribution in [2.24, 2.45) is 20.5 Å². The van der Waals surface area contributed by atoms with E-state index in [1.807, 2.05) is 12.1 Å². The summed E-state index contributed by atoms with van der Waals surface area (Å²) in [6.07, 6.45) is 0. The fraction of sp³-hybridized carbons (Fsp3) is 0.0476. The number of hydrogen-bond acceptors (Lipinski definition) is 8. The number of aromatic amines is 2. The molecule has 0 aliphatic carbocycles. The molecular weight excluding hydrogens is 400 g/mol. The van der Waals surface area contributed by atoms with Crippen molar-refractivity contribution in [1.29, 1.82) is 0 Å². The predicted molar refractivity (Wildman–Crippen MR) is 111 cm³/mol. The zero-order valence-corrected chi connectivity index (χ0v) is 16.0. The molecule has 0 spiro atoms. The molecule has 0 radical (unpaired) electrons. The zero-order valence-electron chi connectivity index (χ0n) is 16.0. The Labute approximate surface area is 175 Å². The monoisotopic (exact) mass is 418 g/mol. The molecule has 0 aliphatic heterocycles. The van der Waals surface area contributed by atoms with Gasteiger partial charge in [-0.3, -0.25) is 9.97 Å². The van der Waals surface area contributed by atoms with Gasteiger partial charge in [-0.05, 0) is 0 Å². The lowest BCUT2D eigenvalue weighted by molar-refractivity contribution is 0.424. The van der Waals surface area contributed by atoms with E-state index < -0.39 is 5.66 Å². The molecule has 10 heteroatoms. The number of nitrogens with zero attached hydrogens (tertiary/aromatic N) is 4. The van der Waals surface area contributed by atoms with Gasteiger partial charge in [-0.1, -0.05) is 60.7 Å². The molecule has 0 aliphatic rings. The molecule has 10 nitrogen and oxygen atoms in total. The van der Waals surface area contributed by atoms with Crippen molar-refractivity contribution >= 4 is 11.4 Å². The average Bonchev–Trinajstić information content (AvgIpc) is 3.28. The van der Waals surface area contributed by atoms with Crippen molar-refractivity contribution in [3.8, 4) is 23.5 Å². The van der Waals surface area contributed by atoms with Crippen LogP contribution in [0.2, 0.25) is 0 Å². The van der Waals surface area contributed by atoms with Crippen LogP contribution in [0, 0.1) is 0 Å². The number of H-pyrrole nitrogens is 2. The first-order valence-corrected chi connectivity index (χ1v) is 9.16. The van der Waals surface area contributed by atoms with Crippen molar-refractivity contribution in [2.45, 2.75) is 5.66 Å². The van der Waals surface area contributed by atoms with Crippen LogP contribution in [0.15, 0.2) is 93.3 Å². The summed E-state index contributed by atoms with van der Waals surface area (Å²) in [5, 5.41) is 56.0. The molecule has 6 N–H and O–H groups in total. The summed E-state index contributed by atoms with van der Waals surface area (Å²) in [6.45, 7) is 0. The Morgan fingerprint density at radius 2 is 0.968 bits per heavy atom. The Hall–Kier alpha value is -4.60. The molecule has 156 valence electrons. The summed E-state index contributed by atoms with van der Waals surface area (Å²) in [7, 11) is 0. The molecule has 0 bridgehead atoms. The van der Waals surface area contributed by atoms with Crippen molar-refractivity contribution < 1.29 is 20.4 Å². The summed E-state index contributed by atoms with van der Waals surface area (Å²) in [5.41, 5.74) is -0.280. The molecular formula is C21H18N6O4. The van der Waals surface area contributed by atoms with Gasteiger partial charge in [-0.15, -0.1) is 20.5 Å². The van der Waals surface area contributed by atoms with Gasteiger partial charge in [0.25, 0.3) is 0 Å². The Kier molecular flexibility index (Phi) is 5.10. The first-order chi connectivity index (χ1) is 15.0. The number of rotatable bonds is 6. The standard InChI is InChI=1S/C21H18N6O4/c28-17-11-15(19(30)22-17)24-26-21(13-7-3-1-4-8-13,14-9-5-2-6-10-14)27-25-16-12-18(29)23-20(16)31/h1-12,22-23,28-31H. The molecule has 31 heavy (non-hydrogen) atoms. The van der Waals surface area contributed by atoms with Crippen LogP contribution in [0.5, 0.6) is 23.5 Å². The highest BCUT2D eigenvalue weighted by Crippen LogP contribution is 2.41. The van der Waals surface area contributed by atoms with Gasteiger partial charge in [-0.25, -0.2) is 0 Å².